The molecule has 6 heteroatoms. The van der Waals surface area contributed by atoms with Crippen LogP contribution < -0.4 is 10.6 Å². The van der Waals surface area contributed by atoms with Gasteiger partial charge in [0.25, 0.3) is 0 Å². The van der Waals surface area contributed by atoms with Crippen molar-refractivity contribution in [2.24, 2.45) is 0 Å². The van der Waals surface area contributed by atoms with E-state index in [0.717, 1.165) is 36.1 Å². The molecule has 0 bridgehead atoms. The number of aliphatic hydroxyl groups is 1. The number of nitrogens with zero attached hydrogens (tertiary/aromatic N) is 3. The molecule has 1 aromatic heterocycles. The van der Waals surface area contributed by atoms with E-state index in [1.807, 2.05) is 6.92 Å². The van der Waals surface area contributed by atoms with Crippen molar-refractivity contribution in [2.75, 3.05) is 17.2 Å². The average Bonchev–Trinajstić information content (AvgIpc) is 2.69. The Labute approximate surface area is 109 Å². The van der Waals surface area contributed by atoms with Crippen LogP contribution in [0.15, 0.2) is 10.7 Å². The number of halogens is 1. The summed E-state index contributed by atoms with van der Waals surface area (Å²) in [6, 6.07) is 0.334. The summed E-state index contributed by atoms with van der Waals surface area (Å²) < 4.78 is 0.851. The van der Waals surface area contributed by atoms with Crippen LogP contribution in [0.25, 0.3) is 0 Å². The second-order valence-corrected chi connectivity index (χ2v) is 5.33. The molecule has 1 fully saturated rings. The molecule has 94 valence electrons. The highest BCUT2D eigenvalue weighted by molar-refractivity contribution is 9.10. The molecule has 2 unspecified atom stereocenters. The average molecular weight is 301 g/mol. The first kappa shape index (κ1) is 12.6. The Kier molecular flexibility index (Phi) is 3.83. The lowest BCUT2D eigenvalue weighted by atomic mass is 10.1. The van der Waals surface area contributed by atoms with Gasteiger partial charge in [-0.15, -0.1) is 0 Å². The van der Waals surface area contributed by atoms with Gasteiger partial charge in [-0.2, -0.15) is 4.98 Å². The normalized spacial score (nSPS) is 21.8. The molecule has 1 aliphatic rings. The third kappa shape index (κ3) is 2.87. The summed E-state index contributed by atoms with van der Waals surface area (Å²) in [7, 11) is 0. The Balaban J connectivity index is 2.22. The molecule has 0 saturated carbocycles. The van der Waals surface area contributed by atoms with Gasteiger partial charge in [0.2, 0.25) is 5.95 Å². The van der Waals surface area contributed by atoms with E-state index in [4.69, 9.17) is 5.73 Å². The molecule has 0 aliphatic carbocycles. The Morgan fingerprint density at radius 1 is 1.71 bits per heavy atom. The summed E-state index contributed by atoms with van der Waals surface area (Å²) in [6.07, 6.45) is 4.35. The monoisotopic (exact) mass is 300 g/mol. The largest absolute Gasteiger partial charge is 0.393 e. The number of hydrogen-bond acceptors (Lipinski definition) is 5. The van der Waals surface area contributed by atoms with Crippen LogP contribution in [0.2, 0.25) is 0 Å². The minimum atomic E-state index is -0.293. The van der Waals surface area contributed by atoms with Crippen LogP contribution in [-0.4, -0.2) is 33.8 Å². The fourth-order valence-corrected chi connectivity index (χ4v) is 2.74. The topological polar surface area (TPSA) is 75.3 Å². The zero-order valence-corrected chi connectivity index (χ0v) is 11.4. The molecular formula is C11H17BrN4O. The maximum Gasteiger partial charge on any atom is 0.222 e. The Morgan fingerprint density at radius 2 is 2.47 bits per heavy atom. The van der Waals surface area contributed by atoms with Gasteiger partial charge in [0.1, 0.15) is 5.82 Å². The number of anilines is 2. The molecule has 1 aromatic rings. The molecule has 0 aromatic carbocycles. The maximum absolute atomic E-state index is 9.51. The predicted molar refractivity (Wildman–Crippen MR) is 70.8 cm³/mol. The van der Waals surface area contributed by atoms with Crippen LogP contribution in [0.3, 0.4) is 0 Å². The lowest BCUT2D eigenvalue weighted by molar-refractivity contribution is 0.175. The molecule has 17 heavy (non-hydrogen) atoms. The van der Waals surface area contributed by atoms with Crippen LogP contribution in [0.5, 0.6) is 0 Å². The quantitative estimate of drug-likeness (QED) is 0.886. The van der Waals surface area contributed by atoms with Crippen molar-refractivity contribution in [3.63, 3.8) is 0 Å². The molecule has 3 N–H and O–H groups in total. The fraction of sp³-hybridized carbons (Fsp3) is 0.636. The molecule has 0 radical (unpaired) electrons. The van der Waals surface area contributed by atoms with Gasteiger partial charge in [-0.05, 0) is 42.1 Å². The second-order valence-electron chi connectivity index (χ2n) is 4.47. The van der Waals surface area contributed by atoms with Crippen molar-refractivity contribution in [1.29, 1.82) is 0 Å². The molecular weight excluding hydrogens is 284 g/mol. The van der Waals surface area contributed by atoms with Crippen molar-refractivity contribution < 1.29 is 5.11 Å². The summed E-state index contributed by atoms with van der Waals surface area (Å²) in [5, 5.41) is 9.51. The maximum atomic E-state index is 9.51. The van der Waals surface area contributed by atoms with Crippen molar-refractivity contribution in [3.05, 3.63) is 10.7 Å². The number of nitrogens with two attached hydrogens (primary N) is 1. The zero-order chi connectivity index (χ0) is 12.4. The Bertz CT molecular complexity index is 399. The SMILES string of the molecule is CC(O)CC1CCCN1c1nc(N)ncc1Br. The number of aromatic nitrogens is 2. The van der Waals surface area contributed by atoms with Crippen LogP contribution in [0, 0.1) is 0 Å². The van der Waals surface area contributed by atoms with E-state index in [2.05, 4.69) is 30.8 Å². The molecule has 2 rings (SSSR count). The van der Waals surface area contributed by atoms with E-state index >= 15 is 0 Å². The van der Waals surface area contributed by atoms with Crippen LogP contribution in [-0.2, 0) is 0 Å². The first-order chi connectivity index (χ1) is 8.08. The highest BCUT2D eigenvalue weighted by Gasteiger charge is 2.28. The van der Waals surface area contributed by atoms with Gasteiger partial charge in [0, 0.05) is 18.8 Å². The summed E-state index contributed by atoms with van der Waals surface area (Å²) in [5.41, 5.74) is 5.62. The summed E-state index contributed by atoms with van der Waals surface area (Å²) in [4.78, 5) is 10.4. The van der Waals surface area contributed by atoms with Crippen molar-refractivity contribution >= 4 is 27.7 Å². The van der Waals surface area contributed by atoms with Gasteiger partial charge < -0.3 is 15.7 Å². The molecule has 0 amide bonds. The van der Waals surface area contributed by atoms with Crippen molar-refractivity contribution in [3.8, 4) is 0 Å². The number of aliphatic hydroxyl groups excluding tert-OH is 1. The van der Waals surface area contributed by atoms with E-state index < -0.39 is 0 Å². The Hall–Kier alpha value is -0.880. The first-order valence-corrected chi connectivity index (χ1v) is 6.60. The fourth-order valence-electron chi connectivity index (χ4n) is 2.33. The molecule has 1 aliphatic heterocycles. The van der Waals surface area contributed by atoms with Gasteiger partial charge in [-0.25, -0.2) is 4.98 Å². The van der Waals surface area contributed by atoms with Gasteiger partial charge in [-0.3, -0.25) is 0 Å². The first-order valence-electron chi connectivity index (χ1n) is 5.80. The highest BCUT2D eigenvalue weighted by Crippen LogP contribution is 2.31. The summed E-state index contributed by atoms with van der Waals surface area (Å²) >= 11 is 3.45. The molecule has 2 heterocycles. The van der Waals surface area contributed by atoms with Crippen LogP contribution in [0.1, 0.15) is 26.2 Å². The third-order valence-electron chi connectivity index (χ3n) is 3.01. The molecule has 2 atom stereocenters. The van der Waals surface area contributed by atoms with Gasteiger partial charge >= 0.3 is 0 Å². The number of rotatable bonds is 3. The van der Waals surface area contributed by atoms with Crippen LogP contribution in [0.4, 0.5) is 11.8 Å². The van der Waals surface area contributed by atoms with E-state index in [0.29, 0.717) is 6.04 Å². The van der Waals surface area contributed by atoms with Gasteiger partial charge in [-0.1, -0.05) is 0 Å². The molecule has 5 nitrogen and oxygen atoms in total. The van der Waals surface area contributed by atoms with E-state index in [1.54, 1.807) is 6.20 Å². The number of hydrogen-bond donors (Lipinski definition) is 2. The minimum absolute atomic E-state index is 0.283. The van der Waals surface area contributed by atoms with Crippen molar-refractivity contribution in [2.45, 2.75) is 38.3 Å². The van der Waals surface area contributed by atoms with Crippen LogP contribution >= 0.6 is 15.9 Å². The minimum Gasteiger partial charge on any atom is -0.393 e. The number of nitrogen functional groups attached to an aromatic ring is 1. The van der Waals surface area contributed by atoms with E-state index in [1.165, 1.54) is 0 Å². The summed E-state index contributed by atoms with van der Waals surface area (Å²) in [5.74, 6) is 1.12. The Morgan fingerprint density at radius 3 is 3.18 bits per heavy atom. The lowest BCUT2D eigenvalue weighted by Crippen LogP contribution is -2.33. The second kappa shape index (κ2) is 5.18. The van der Waals surface area contributed by atoms with Gasteiger partial charge in [0.15, 0.2) is 0 Å². The third-order valence-corrected chi connectivity index (χ3v) is 3.57. The van der Waals surface area contributed by atoms with Gasteiger partial charge in [0.05, 0.1) is 10.6 Å². The standard InChI is InChI=1S/C11H17BrN4O/c1-7(17)5-8-3-2-4-16(8)10-9(12)6-14-11(13)15-10/h6-8,17H,2-5H2,1H3,(H2,13,14,15). The highest BCUT2D eigenvalue weighted by atomic mass is 79.9. The molecule has 0 spiro atoms. The predicted octanol–water partition coefficient (Wildman–Crippen LogP) is 1.56. The van der Waals surface area contributed by atoms with E-state index in [9.17, 15) is 5.11 Å². The molecule has 1 saturated heterocycles. The van der Waals surface area contributed by atoms with E-state index in [-0.39, 0.29) is 12.1 Å². The zero-order valence-electron chi connectivity index (χ0n) is 9.80. The lowest BCUT2D eigenvalue weighted by Gasteiger charge is -2.27. The smallest absolute Gasteiger partial charge is 0.222 e. The van der Waals surface area contributed by atoms with Crippen molar-refractivity contribution in [1.82, 2.24) is 9.97 Å². The summed E-state index contributed by atoms with van der Waals surface area (Å²) in [6.45, 7) is 2.77.